The SMILES string of the molecule is CCOC(=O)C(NCCCN=[N+]=[N-])c1ccc(OC)cc1. The van der Waals surface area contributed by atoms with Gasteiger partial charge in [0.05, 0.1) is 13.7 Å². The molecule has 0 saturated heterocycles. The lowest BCUT2D eigenvalue weighted by atomic mass is 10.1. The van der Waals surface area contributed by atoms with Crippen LogP contribution in [0.3, 0.4) is 0 Å². The van der Waals surface area contributed by atoms with Crippen LogP contribution in [0, 0.1) is 0 Å². The van der Waals surface area contributed by atoms with Gasteiger partial charge in [-0.15, -0.1) is 0 Å². The fourth-order valence-corrected chi connectivity index (χ4v) is 1.80. The normalized spacial score (nSPS) is 11.3. The summed E-state index contributed by atoms with van der Waals surface area (Å²) in [7, 11) is 1.59. The van der Waals surface area contributed by atoms with Gasteiger partial charge in [-0.3, -0.25) is 0 Å². The highest BCUT2D eigenvalue weighted by Crippen LogP contribution is 2.19. The van der Waals surface area contributed by atoms with Crippen LogP contribution in [0.25, 0.3) is 10.4 Å². The number of carbonyl (C=O) groups is 1. The molecule has 7 nitrogen and oxygen atoms in total. The summed E-state index contributed by atoms with van der Waals surface area (Å²) in [5, 5.41) is 6.57. The van der Waals surface area contributed by atoms with Crippen molar-refractivity contribution in [2.24, 2.45) is 5.11 Å². The van der Waals surface area contributed by atoms with Gasteiger partial charge in [0.15, 0.2) is 0 Å². The first-order valence-electron chi connectivity index (χ1n) is 6.77. The van der Waals surface area contributed by atoms with E-state index in [0.29, 0.717) is 26.1 Å². The smallest absolute Gasteiger partial charge is 0.327 e. The highest BCUT2D eigenvalue weighted by molar-refractivity contribution is 5.77. The van der Waals surface area contributed by atoms with Crippen LogP contribution in [0.5, 0.6) is 5.75 Å². The molecule has 0 heterocycles. The van der Waals surface area contributed by atoms with Crippen LogP contribution in [-0.4, -0.2) is 32.8 Å². The summed E-state index contributed by atoms with van der Waals surface area (Å²) in [6, 6.07) is 6.69. The van der Waals surface area contributed by atoms with Gasteiger partial charge < -0.3 is 14.8 Å². The Morgan fingerprint density at radius 1 is 1.43 bits per heavy atom. The largest absolute Gasteiger partial charge is 0.497 e. The zero-order chi connectivity index (χ0) is 15.5. The Labute approximate surface area is 123 Å². The quantitative estimate of drug-likeness (QED) is 0.249. The maximum absolute atomic E-state index is 12.0. The highest BCUT2D eigenvalue weighted by Gasteiger charge is 2.21. The molecule has 1 N–H and O–H groups in total. The molecular formula is C14H20N4O3. The second kappa shape index (κ2) is 9.63. The average molecular weight is 292 g/mol. The van der Waals surface area contributed by atoms with Crippen LogP contribution in [0.2, 0.25) is 0 Å². The van der Waals surface area contributed by atoms with E-state index in [9.17, 15) is 4.79 Å². The Bertz CT molecular complexity index is 483. The zero-order valence-electron chi connectivity index (χ0n) is 12.3. The van der Waals surface area contributed by atoms with Crippen molar-refractivity contribution in [1.82, 2.24) is 5.32 Å². The molecule has 0 amide bonds. The van der Waals surface area contributed by atoms with E-state index in [1.807, 2.05) is 12.1 Å². The number of ether oxygens (including phenoxy) is 2. The summed E-state index contributed by atoms with van der Waals surface area (Å²) in [4.78, 5) is 14.7. The number of carbonyl (C=O) groups excluding carboxylic acids is 1. The minimum atomic E-state index is -0.540. The standard InChI is InChI=1S/C14H20N4O3/c1-3-21-14(19)13(16-9-4-10-17-18-15)11-5-7-12(20-2)8-6-11/h5-8,13,16H,3-4,9-10H2,1-2H3. The van der Waals surface area contributed by atoms with Gasteiger partial charge in [-0.05, 0) is 43.1 Å². The second-order valence-electron chi connectivity index (χ2n) is 4.22. The first-order valence-corrected chi connectivity index (χ1v) is 6.77. The number of azide groups is 1. The minimum absolute atomic E-state index is 0.325. The molecule has 7 heteroatoms. The van der Waals surface area contributed by atoms with Crippen molar-refractivity contribution in [3.8, 4) is 5.75 Å². The van der Waals surface area contributed by atoms with E-state index in [1.54, 1.807) is 26.2 Å². The lowest BCUT2D eigenvalue weighted by Gasteiger charge is -2.17. The molecule has 21 heavy (non-hydrogen) atoms. The molecule has 0 aliphatic carbocycles. The molecular weight excluding hydrogens is 272 g/mol. The topological polar surface area (TPSA) is 96.3 Å². The Balaban J connectivity index is 2.70. The van der Waals surface area contributed by atoms with Crippen molar-refractivity contribution < 1.29 is 14.3 Å². The summed E-state index contributed by atoms with van der Waals surface area (Å²) in [5.74, 6) is 0.399. The third-order valence-electron chi connectivity index (χ3n) is 2.82. The lowest BCUT2D eigenvalue weighted by molar-refractivity contribution is -0.145. The third-order valence-corrected chi connectivity index (χ3v) is 2.82. The second-order valence-corrected chi connectivity index (χ2v) is 4.22. The van der Waals surface area contributed by atoms with E-state index < -0.39 is 6.04 Å². The predicted octanol–water partition coefficient (Wildman–Crippen LogP) is 2.59. The van der Waals surface area contributed by atoms with Gasteiger partial charge in [-0.1, -0.05) is 17.2 Å². The fraction of sp³-hybridized carbons (Fsp3) is 0.500. The number of rotatable bonds is 9. The van der Waals surface area contributed by atoms with Crippen molar-refractivity contribution in [2.45, 2.75) is 19.4 Å². The first kappa shape index (κ1) is 16.8. The molecule has 0 spiro atoms. The van der Waals surface area contributed by atoms with Gasteiger partial charge in [0, 0.05) is 11.5 Å². The summed E-state index contributed by atoms with van der Waals surface area (Å²) >= 11 is 0. The van der Waals surface area contributed by atoms with E-state index in [2.05, 4.69) is 15.3 Å². The molecule has 0 saturated carbocycles. The summed E-state index contributed by atoms with van der Waals surface area (Å²) < 4.78 is 10.2. The van der Waals surface area contributed by atoms with Crippen LogP contribution in [0.15, 0.2) is 29.4 Å². The molecule has 1 rings (SSSR count). The molecule has 0 aliphatic heterocycles. The maximum Gasteiger partial charge on any atom is 0.327 e. The number of methoxy groups -OCH3 is 1. The van der Waals surface area contributed by atoms with Gasteiger partial charge >= 0.3 is 5.97 Å². The highest BCUT2D eigenvalue weighted by atomic mass is 16.5. The fourth-order valence-electron chi connectivity index (χ4n) is 1.80. The third kappa shape index (κ3) is 5.72. The number of esters is 1. The molecule has 1 aromatic carbocycles. The molecule has 0 fully saturated rings. The minimum Gasteiger partial charge on any atom is -0.497 e. The summed E-state index contributed by atoms with van der Waals surface area (Å²) in [5.41, 5.74) is 9.02. The van der Waals surface area contributed by atoms with Crippen molar-refractivity contribution in [1.29, 1.82) is 0 Å². The first-order chi connectivity index (χ1) is 10.2. The molecule has 1 atom stereocenters. The summed E-state index contributed by atoms with van der Waals surface area (Å²) in [6.07, 6.45) is 0.649. The zero-order valence-corrected chi connectivity index (χ0v) is 12.3. The Morgan fingerprint density at radius 2 is 2.14 bits per heavy atom. The van der Waals surface area contributed by atoms with Crippen LogP contribution < -0.4 is 10.1 Å². The van der Waals surface area contributed by atoms with Gasteiger partial charge in [-0.2, -0.15) is 0 Å². The number of hydrogen-bond donors (Lipinski definition) is 1. The van der Waals surface area contributed by atoms with Crippen molar-refractivity contribution in [2.75, 3.05) is 26.8 Å². The van der Waals surface area contributed by atoms with Crippen molar-refractivity contribution >= 4 is 5.97 Å². The van der Waals surface area contributed by atoms with E-state index in [-0.39, 0.29) is 5.97 Å². The van der Waals surface area contributed by atoms with E-state index in [1.165, 1.54) is 0 Å². The van der Waals surface area contributed by atoms with Crippen molar-refractivity contribution in [3.05, 3.63) is 40.3 Å². The summed E-state index contributed by atoms with van der Waals surface area (Å²) in [6.45, 7) is 3.03. The van der Waals surface area contributed by atoms with E-state index in [4.69, 9.17) is 15.0 Å². The van der Waals surface area contributed by atoms with Crippen molar-refractivity contribution in [3.63, 3.8) is 0 Å². The monoisotopic (exact) mass is 292 g/mol. The number of benzene rings is 1. The van der Waals surface area contributed by atoms with E-state index >= 15 is 0 Å². The van der Waals surface area contributed by atoms with Gasteiger partial charge in [0.25, 0.3) is 0 Å². The van der Waals surface area contributed by atoms with Crippen LogP contribution in [0.4, 0.5) is 0 Å². The lowest BCUT2D eigenvalue weighted by Crippen LogP contribution is -2.31. The maximum atomic E-state index is 12.0. The van der Waals surface area contributed by atoms with Gasteiger partial charge in [-0.25, -0.2) is 4.79 Å². The van der Waals surface area contributed by atoms with Crippen LogP contribution in [-0.2, 0) is 9.53 Å². The number of hydrogen-bond acceptors (Lipinski definition) is 5. The Kier molecular flexibility index (Phi) is 7.71. The van der Waals surface area contributed by atoms with Crippen LogP contribution >= 0.6 is 0 Å². The predicted molar refractivity (Wildman–Crippen MR) is 79.0 cm³/mol. The Morgan fingerprint density at radius 3 is 2.71 bits per heavy atom. The molecule has 0 radical (unpaired) electrons. The molecule has 0 bridgehead atoms. The number of nitrogens with one attached hydrogen (secondary N) is 1. The van der Waals surface area contributed by atoms with Gasteiger partial charge in [0.1, 0.15) is 11.8 Å². The molecule has 114 valence electrons. The van der Waals surface area contributed by atoms with Gasteiger partial charge in [0.2, 0.25) is 0 Å². The molecule has 0 aromatic heterocycles. The van der Waals surface area contributed by atoms with E-state index in [0.717, 1.165) is 11.3 Å². The Hall–Kier alpha value is -2.24. The molecule has 0 aliphatic rings. The number of nitrogens with zero attached hydrogens (tertiary/aromatic N) is 3. The van der Waals surface area contributed by atoms with Crippen LogP contribution in [0.1, 0.15) is 24.9 Å². The average Bonchev–Trinajstić information content (AvgIpc) is 2.51. The molecule has 1 unspecified atom stereocenters. The molecule has 1 aromatic rings.